The molecule has 0 fully saturated rings. The number of amides is 1. The van der Waals surface area contributed by atoms with Gasteiger partial charge in [0.2, 0.25) is 5.91 Å². The highest BCUT2D eigenvalue weighted by atomic mass is 79.9. The first kappa shape index (κ1) is 14.6. The number of halogens is 1. The Morgan fingerprint density at radius 1 is 1.40 bits per heavy atom. The van der Waals surface area contributed by atoms with Gasteiger partial charge in [-0.2, -0.15) is 0 Å². The van der Waals surface area contributed by atoms with Gasteiger partial charge in [-0.1, -0.05) is 28.0 Å². The second-order valence-corrected chi connectivity index (χ2v) is 5.34. The van der Waals surface area contributed by atoms with Crippen molar-refractivity contribution in [3.8, 4) is 0 Å². The van der Waals surface area contributed by atoms with Gasteiger partial charge < -0.3 is 15.2 Å². The lowest BCUT2D eigenvalue weighted by Crippen LogP contribution is -2.34. The van der Waals surface area contributed by atoms with Crippen LogP contribution in [0.1, 0.15) is 19.1 Å². The van der Waals surface area contributed by atoms with Gasteiger partial charge in [-0.25, -0.2) is 0 Å². The summed E-state index contributed by atoms with van der Waals surface area (Å²) >= 11 is 3.38. The van der Waals surface area contributed by atoms with Crippen LogP contribution < -0.4 is 10.6 Å². The molecule has 0 spiro atoms. The van der Waals surface area contributed by atoms with Crippen molar-refractivity contribution in [2.24, 2.45) is 0 Å². The minimum atomic E-state index is -0.326. The smallest absolute Gasteiger partial charge is 0.248 e. The van der Waals surface area contributed by atoms with E-state index in [2.05, 4.69) is 31.7 Å². The summed E-state index contributed by atoms with van der Waals surface area (Å²) in [7, 11) is 0. The zero-order valence-electron chi connectivity index (χ0n) is 11.3. The van der Waals surface area contributed by atoms with Gasteiger partial charge in [-0.15, -0.1) is 0 Å². The zero-order chi connectivity index (χ0) is 14.5. The Kier molecular flexibility index (Phi) is 4.79. The van der Waals surface area contributed by atoms with E-state index in [-0.39, 0.29) is 11.9 Å². The van der Waals surface area contributed by atoms with Crippen molar-refractivity contribution in [2.45, 2.75) is 26.3 Å². The van der Waals surface area contributed by atoms with E-state index in [0.717, 1.165) is 10.2 Å². The molecule has 1 aromatic carbocycles. The van der Waals surface area contributed by atoms with E-state index < -0.39 is 0 Å². The molecule has 0 aliphatic rings. The van der Waals surface area contributed by atoms with Gasteiger partial charge in [0.05, 0.1) is 0 Å². The molecule has 1 amide bonds. The Bertz CT molecular complexity index is 580. The van der Waals surface area contributed by atoms with E-state index in [1.165, 1.54) is 0 Å². The highest BCUT2D eigenvalue weighted by Crippen LogP contribution is 2.16. The predicted octanol–water partition coefficient (Wildman–Crippen LogP) is 3.57. The number of nitrogens with zero attached hydrogens (tertiary/aromatic N) is 1. The van der Waals surface area contributed by atoms with E-state index >= 15 is 0 Å². The molecule has 5 nitrogen and oxygen atoms in total. The summed E-state index contributed by atoms with van der Waals surface area (Å²) < 4.78 is 5.92. The molecule has 2 aromatic rings. The third-order valence-electron chi connectivity index (χ3n) is 2.79. The predicted molar refractivity (Wildman–Crippen MR) is 81.7 cm³/mol. The molecule has 20 heavy (non-hydrogen) atoms. The van der Waals surface area contributed by atoms with E-state index in [4.69, 9.17) is 4.52 Å². The molecule has 6 heteroatoms. The monoisotopic (exact) mass is 337 g/mol. The lowest BCUT2D eigenvalue weighted by Gasteiger charge is -2.17. The van der Waals surface area contributed by atoms with Crippen LogP contribution in [0.3, 0.4) is 0 Å². The Hall–Kier alpha value is -1.82. The van der Waals surface area contributed by atoms with Crippen molar-refractivity contribution in [2.75, 3.05) is 10.6 Å². The SMILES string of the molecule is CC[C@H](Nc1ccc(Br)cc1)C(=O)Nc1cc(C)on1. The van der Waals surface area contributed by atoms with E-state index in [1.54, 1.807) is 13.0 Å². The van der Waals surface area contributed by atoms with Crippen molar-refractivity contribution in [3.63, 3.8) is 0 Å². The molecule has 0 aliphatic carbocycles. The summed E-state index contributed by atoms with van der Waals surface area (Å²) in [4.78, 5) is 12.2. The average Bonchev–Trinajstić information content (AvgIpc) is 2.83. The van der Waals surface area contributed by atoms with Gasteiger partial charge in [-0.3, -0.25) is 4.79 Å². The van der Waals surface area contributed by atoms with Crippen LogP contribution in [0.2, 0.25) is 0 Å². The molecule has 0 saturated carbocycles. The Morgan fingerprint density at radius 3 is 2.65 bits per heavy atom. The number of carbonyl (C=O) groups is 1. The number of nitrogens with one attached hydrogen (secondary N) is 2. The maximum absolute atomic E-state index is 12.2. The number of hydrogen-bond acceptors (Lipinski definition) is 4. The normalized spacial score (nSPS) is 11.9. The zero-order valence-corrected chi connectivity index (χ0v) is 12.9. The molecule has 1 aromatic heterocycles. The van der Waals surface area contributed by atoms with Gasteiger partial charge in [0, 0.05) is 16.2 Å². The van der Waals surface area contributed by atoms with Crippen LogP contribution in [0.5, 0.6) is 0 Å². The molecule has 2 N–H and O–H groups in total. The molecule has 0 saturated heterocycles. The Balaban J connectivity index is 2.00. The molecule has 1 atom stereocenters. The van der Waals surface area contributed by atoms with Gasteiger partial charge in [0.25, 0.3) is 0 Å². The summed E-state index contributed by atoms with van der Waals surface area (Å²) in [6, 6.07) is 9.04. The fourth-order valence-electron chi connectivity index (χ4n) is 1.74. The van der Waals surface area contributed by atoms with Crippen LogP contribution in [0, 0.1) is 6.92 Å². The largest absolute Gasteiger partial charge is 0.374 e. The van der Waals surface area contributed by atoms with Crippen molar-refractivity contribution in [1.82, 2.24) is 5.16 Å². The molecular formula is C14H16BrN3O2. The lowest BCUT2D eigenvalue weighted by molar-refractivity contribution is -0.117. The Morgan fingerprint density at radius 2 is 2.10 bits per heavy atom. The number of aromatic nitrogens is 1. The molecule has 0 bridgehead atoms. The molecule has 2 rings (SSSR count). The van der Waals surface area contributed by atoms with E-state index in [0.29, 0.717) is 18.0 Å². The third kappa shape index (κ3) is 3.84. The summed E-state index contributed by atoms with van der Waals surface area (Å²) in [5, 5.41) is 9.67. The fraction of sp³-hybridized carbons (Fsp3) is 0.286. The van der Waals surface area contributed by atoms with Crippen LogP contribution in [0.15, 0.2) is 39.3 Å². The minimum absolute atomic E-state index is 0.135. The van der Waals surface area contributed by atoms with Crippen molar-refractivity contribution in [3.05, 3.63) is 40.6 Å². The minimum Gasteiger partial charge on any atom is -0.374 e. The summed E-state index contributed by atoms with van der Waals surface area (Å²) in [6.45, 7) is 3.73. The number of rotatable bonds is 5. The highest BCUT2D eigenvalue weighted by Gasteiger charge is 2.17. The van der Waals surface area contributed by atoms with Gasteiger partial charge >= 0.3 is 0 Å². The lowest BCUT2D eigenvalue weighted by atomic mass is 10.2. The molecule has 1 heterocycles. The standard InChI is InChI=1S/C14H16BrN3O2/c1-3-12(16-11-6-4-10(15)5-7-11)14(19)17-13-8-9(2)20-18-13/h4-8,12,16H,3H2,1-2H3,(H,17,18,19)/t12-/m0/s1. The van der Waals surface area contributed by atoms with Crippen LogP contribution in [0.4, 0.5) is 11.5 Å². The maximum atomic E-state index is 12.2. The highest BCUT2D eigenvalue weighted by molar-refractivity contribution is 9.10. The van der Waals surface area contributed by atoms with Crippen molar-refractivity contribution < 1.29 is 9.32 Å². The Labute approximate surface area is 125 Å². The summed E-state index contributed by atoms with van der Waals surface area (Å²) in [6.07, 6.45) is 0.665. The summed E-state index contributed by atoms with van der Waals surface area (Å²) in [5.41, 5.74) is 0.895. The number of hydrogen-bond donors (Lipinski definition) is 2. The molecule has 0 unspecified atom stereocenters. The van der Waals surface area contributed by atoms with E-state index in [9.17, 15) is 4.79 Å². The first-order valence-corrected chi connectivity index (χ1v) is 7.14. The number of benzene rings is 1. The van der Waals surface area contributed by atoms with Crippen molar-refractivity contribution >= 4 is 33.3 Å². The fourth-order valence-corrected chi connectivity index (χ4v) is 2.00. The molecule has 0 radical (unpaired) electrons. The van der Waals surface area contributed by atoms with Gasteiger partial charge in [-0.05, 0) is 37.6 Å². The molecular weight excluding hydrogens is 322 g/mol. The number of aryl methyl sites for hydroxylation is 1. The number of anilines is 2. The topological polar surface area (TPSA) is 67.2 Å². The quantitative estimate of drug-likeness (QED) is 0.875. The second kappa shape index (κ2) is 6.56. The van der Waals surface area contributed by atoms with Crippen LogP contribution >= 0.6 is 15.9 Å². The van der Waals surface area contributed by atoms with Crippen LogP contribution in [-0.4, -0.2) is 17.1 Å². The first-order valence-electron chi connectivity index (χ1n) is 6.34. The second-order valence-electron chi connectivity index (χ2n) is 4.42. The van der Waals surface area contributed by atoms with Gasteiger partial charge in [0.15, 0.2) is 5.82 Å². The van der Waals surface area contributed by atoms with Gasteiger partial charge in [0.1, 0.15) is 11.8 Å². The van der Waals surface area contributed by atoms with E-state index in [1.807, 2.05) is 31.2 Å². The van der Waals surface area contributed by atoms with Crippen LogP contribution in [-0.2, 0) is 4.79 Å². The first-order chi connectivity index (χ1) is 9.58. The molecule has 106 valence electrons. The number of carbonyl (C=O) groups excluding carboxylic acids is 1. The average molecular weight is 338 g/mol. The van der Waals surface area contributed by atoms with Crippen LogP contribution in [0.25, 0.3) is 0 Å². The third-order valence-corrected chi connectivity index (χ3v) is 3.32. The summed E-state index contributed by atoms with van der Waals surface area (Å²) in [5.74, 6) is 0.960. The van der Waals surface area contributed by atoms with Crippen molar-refractivity contribution in [1.29, 1.82) is 0 Å². The maximum Gasteiger partial charge on any atom is 0.248 e. The molecule has 0 aliphatic heterocycles.